The number of nitrogens with zero attached hydrogens (tertiary/aromatic N) is 3. The van der Waals surface area contributed by atoms with Crippen molar-refractivity contribution in [2.24, 2.45) is 5.84 Å². The molecule has 21 heavy (non-hydrogen) atoms. The molecule has 112 valence electrons. The Labute approximate surface area is 125 Å². The lowest BCUT2D eigenvalue weighted by molar-refractivity contribution is 0.455. The van der Waals surface area contributed by atoms with Gasteiger partial charge in [-0.2, -0.15) is 5.10 Å². The third kappa shape index (κ3) is 3.68. The Morgan fingerprint density at radius 1 is 1.29 bits per heavy atom. The van der Waals surface area contributed by atoms with E-state index in [1.54, 1.807) is 6.20 Å². The molecule has 0 radical (unpaired) electrons. The molecule has 0 bridgehead atoms. The van der Waals surface area contributed by atoms with Gasteiger partial charge in [-0.15, -0.1) is 0 Å². The quantitative estimate of drug-likeness (QED) is 0.629. The minimum absolute atomic E-state index is 0.182. The van der Waals surface area contributed by atoms with Crippen LogP contribution in [0.1, 0.15) is 43.0 Å². The summed E-state index contributed by atoms with van der Waals surface area (Å²) in [5.74, 6) is 5.69. The minimum Gasteiger partial charge on any atom is -0.271 e. The van der Waals surface area contributed by atoms with E-state index in [0.717, 1.165) is 18.5 Å². The molecule has 0 aromatic carbocycles. The number of hydrogen-bond acceptors (Lipinski definition) is 4. The predicted molar refractivity (Wildman–Crippen MR) is 82.5 cm³/mol. The number of hydrogen-bond donors (Lipinski definition) is 2. The van der Waals surface area contributed by atoms with Crippen LogP contribution in [0.5, 0.6) is 0 Å². The first-order chi connectivity index (χ1) is 10.3. The Balaban J connectivity index is 1.61. The molecule has 1 aliphatic rings. The summed E-state index contributed by atoms with van der Waals surface area (Å²) in [6, 6.07) is 6.93. The van der Waals surface area contributed by atoms with Crippen molar-refractivity contribution in [1.29, 1.82) is 0 Å². The molecule has 3 rings (SSSR count). The van der Waals surface area contributed by atoms with E-state index in [4.69, 9.17) is 10.9 Å². The standard InChI is InChI=1S/C16H23N5/c17-19-15(10-13-4-3-8-18-12-13)11-14-7-9-21(20-14)16-5-1-2-6-16/h3-4,7-9,12,15-16,19H,1-2,5-6,10-11,17H2. The van der Waals surface area contributed by atoms with Crippen molar-refractivity contribution < 1.29 is 0 Å². The van der Waals surface area contributed by atoms with Gasteiger partial charge in [-0.1, -0.05) is 18.9 Å². The molecule has 5 heteroatoms. The summed E-state index contributed by atoms with van der Waals surface area (Å²) in [6.45, 7) is 0. The summed E-state index contributed by atoms with van der Waals surface area (Å²) in [4.78, 5) is 4.15. The molecule has 2 aromatic heterocycles. The normalized spacial score (nSPS) is 17.2. The SMILES string of the molecule is NNC(Cc1cccnc1)Cc1ccn(C2CCCC2)n1. The molecule has 0 amide bonds. The van der Waals surface area contributed by atoms with E-state index in [-0.39, 0.29) is 6.04 Å². The molecule has 1 atom stereocenters. The molecule has 2 aromatic rings. The highest BCUT2D eigenvalue weighted by Gasteiger charge is 2.18. The fourth-order valence-corrected chi connectivity index (χ4v) is 3.10. The van der Waals surface area contributed by atoms with Crippen LogP contribution in [0.15, 0.2) is 36.8 Å². The Morgan fingerprint density at radius 2 is 2.14 bits per heavy atom. The van der Waals surface area contributed by atoms with Crippen molar-refractivity contribution in [3.05, 3.63) is 48.0 Å². The highest BCUT2D eigenvalue weighted by atomic mass is 15.3. The van der Waals surface area contributed by atoms with Gasteiger partial charge in [0.1, 0.15) is 0 Å². The molecule has 0 saturated heterocycles. The highest BCUT2D eigenvalue weighted by molar-refractivity contribution is 5.12. The van der Waals surface area contributed by atoms with Crippen LogP contribution in [0.4, 0.5) is 0 Å². The summed E-state index contributed by atoms with van der Waals surface area (Å²) in [5, 5.41) is 4.73. The lowest BCUT2D eigenvalue weighted by Gasteiger charge is -2.14. The highest BCUT2D eigenvalue weighted by Crippen LogP contribution is 2.28. The van der Waals surface area contributed by atoms with Gasteiger partial charge in [0, 0.05) is 31.1 Å². The molecule has 2 heterocycles. The lowest BCUT2D eigenvalue weighted by atomic mass is 10.0. The van der Waals surface area contributed by atoms with Gasteiger partial charge in [-0.25, -0.2) is 0 Å². The van der Waals surface area contributed by atoms with Crippen LogP contribution in [0.25, 0.3) is 0 Å². The molecule has 0 aliphatic heterocycles. The van der Waals surface area contributed by atoms with Gasteiger partial charge in [-0.3, -0.25) is 20.9 Å². The maximum absolute atomic E-state index is 5.69. The smallest absolute Gasteiger partial charge is 0.0640 e. The fraction of sp³-hybridized carbons (Fsp3) is 0.500. The predicted octanol–water partition coefficient (Wildman–Crippen LogP) is 2.01. The van der Waals surface area contributed by atoms with E-state index >= 15 is 0 Å². The molecule has 1 saturated carbocycles. The monoisotopic (exact) mass is 285 g/mol. The second kappa shape index (κ2) is 6.83. The Morgan fingerprint density at radius 3 is 2.86 bits per heavy atom. The van der Waals surface area contributed by atoms with Gasteiger partial charge >= 0.3 is 0 Å². The third-order valence-electron chi connectivity index (χ3n) is 4.26. The van der Waals surface area contributed by atoms with E-state index in [2.05, 4.69) is 33.4 Å². The first kappa shape index (κ1) is 14.2. The third-order valence-corrected chi connectivity index (χ3v) is 4.26. The number of nitrogens with one attached hydrogen (secondary N) is 1. The summed E-state index contributed by atoms with van der Waals surface area (Å²) in [6.07, 6.45) is 12.7. The molecular weight excluding hydrogens is 262 g/mol. The van der Waals surface area contributed by atoms with Crippen LogP contribution < -0.4 is 11.3 Å². The first-order valence-corrected chi connectivity index (χ1v) is 7.74. The van der Waals surface area contributed by atoms with Gasteiger partial charge in [0.2, 0.25) is 0 Å². The number of pyridine rings is 1. The molecule has 1 aliphatic carbocycles. The molecule has 5 nitrogen and oxygen atoms in total. The van der Waals surface area contributed by atoms with Crippen LogP contribution in [0, 0.1) is 0 Å². The van der Waals surface area contributed by atoms with Crippen molar-refractivity contribution in [3.8, 4) is 0 Å². The fourth-order valence-electron chi connectivity index (χ4n) is 3.10. The van der Waals surface area contributed by atoms with E-state index in [9.17, 15) is 0 Å². The van der Waals surface area contributed by atoms with Gasteiger partial charge < -0.3 is 0 Å². The maximum Gasteiger partial charge on any atom is 0.0640 e. The average Bonchev–Trinajstić information content (AvgIpc) is 3.18. The summed E-state index contributed by atoms with van der Waals surface area (Å²) in [7, 11) is 0. The number of nitrogens with two attached hydrogens (primary N) is 1. The minimum atomic E-state index is 0.182. The second-order valence-corrected chi connectivity index (χ2v) is 5.86. The van der Waals surface area contributed by atoms with Crippen molar-refractivity contribution in [1.82, 2.24) is 20.2 Å². The van der Waals surface area contributed by atoms with Crippen molar-refractivity contribution >= 4 is 0 Å². The zero-order valence-corrected chi connectivity index (χ0v) is 12.3. The first-order valence-electron chi connectivity index (χ1n) is 7.74. The summed E-state index contributed by atoms with van der Waals surface area (Å²) in [5.41, 5.74) is 5.20. The number of rotatable bonds is 6. The lowest BCUT2D eigenvalue weighted by Crippen LogP contribution is -2.38. The topological polar surface area (TPSA) is 68.8 Å². The number of aromatic nitrogens is 3. The summed E-state index contributed by atoms with van der Waals surface area (Å²) >= 11 is 0. The Bertz CT molecular complexity index is 545. The van der Waals surface area contributed by atoms with Crippen LogP contribution in [0.3, 0.4) is 0 Å². The second-order valence-electron chi connectivity index (χ2n) is 5.86. The molecule has 0 spiro atoms. The number of hydrazine groups is 1. The van der Waals surface area contributed by atoms with Gasteiger partial charge in [0.15, 0.2) is 0 Å². The summed E-state index contributed by atoms with van der Waals surface area (Å²) < 4.78 is 2.14. The molecule has 1 fully saturated rings. The van der Waals surface area contributed by atoms with Gasteiger partial charge in [-0.05, 0) is 37.0 Å². The molecule has 3 N–H and O–H groups in total. The maximum atomic E-state index is 5.69. The van der Waals surface area contributed by atoms with Crippen LogP contribution in [-0.4, -0.2) is 20.8 Å². The van der Waals surface area contributed by atoms with Crippen molar-refractivity contribution in [2.75, 3.05) is 0 Å². The van der Waals surface area contributed by atoms with Crippen LogP contribution in [0.2, 0.25) is 0 Å². The van der Waals surface area contributed by atoms with E-state index in [1.807, 2.05) is 12.3 Å². The van der Waals surface area contributed by atoms with Gasteiger partial charge in [0.05, 0.1) is 11.7 Å². The van der Waals surface area contributed by atoms with Crippen molar-refractivity contribution in [3.63, 3.8) is 0 Å². The van der Waals surface area contributed by atoms with E-state index < -0.39 is 0 Å². The zero-order valence-electron chi connectivity index (χ0n) is 12.3. The molecule has 1 unspecified atom stereocenters. The van der Waals surface area contributed by atoms with E-state index in [0.29, 0.717) is 6.04 Å². The Kier molecular flexibility index (Phi) is 4.62. The van der Waals surface area contributed by atoms with Crippen molar-refractivity contribution in [2.45, 2.75) is 50.6 Å². The van der Waals surface area contributed by atoms with Crippen LogP contribution in [-0.2, 0) is 12.8 Å². The Hall–Kier alpha value is -1.72. The van der Waals surface area contributed by atoms with Crippen LogP contribution >= 0.6 is 0 Å². The van der Waals surface area contributed by atoms with E-state index in [1.165, 1.54) is 31.2 Å². The average molecular weight is 285 g/mol. The zero-order chi connectivity index (χ0) is 14.5. The largest absolute Gasteiger partial charge is 0.271 e. The molecular formula is C16H23N5. The van der Waals surface area contributed by atoms with Gasteiger partial charge in [0.25, 0.3) is 0 Å².